The predicted molar refractivity (Wildman–Crippen MR) is 110 cm³/mol. The van der Waals surface area contributed by atoms with Gasteiger partial charge in [0.15, 0.2) is 5.78 Å². The van der Waals surface area contributed by atoms with Gasteiger partial charge in [-0.15, -0.1) is 5.10 Å². The maximum Gasteiger partial charge on any atom is 0.214 e. The quantitative estimate of drug-likeness (QED) is 0.407. The zero-order chi connectivity index (χ0) is 20.3. The molecule has 2 aromatic heterocycles. The number of carbonyl (C=O) groups is 1. The Bertz CT molecular complexity index is 967. The summed E-state index contributed by atoms with van der Waals surface area (Å²) in [5.41, 5.74) is 3.50. The molecule has 1 atom stereocenters. The first kappa shape index (κ1) is 20.6. The minimum atomic E-state index is 0.0413. The van der Waals surface area contributed by atoms with Crippen molar-refractivity contribution in [2.75, 3.05) is 19.5 Å². The highest BCUT2D eigenvalue weighted by molar-refractivity contribution is 7.99. The van der Waals surface area contributed by atoms with Gasteiger partial charge in [-0.2, -0.15) is 4.68 Å². The van der Waals surface area contributed by atoms with E-state index < -0.39 is 0 Å². The van der Waals surface area contributed by atoms with Crippen molar-refractivity contribution in [3.05, 3.63) is 52.3 Å². The third-order valence-electron chi connectivity index (χ3n) is 4.48. The lowest BCUT2D eigenvalue weighted by Gasteiger charge is -2.17. The molecule has 1 unspecified atom stereocenters. The molecule has 3 aromatic rings. The number of rotatable bonds is 8. The van der Waals surface area contributed by atoms with Crippen molar-refractivity contribution in [1.29, 1.82) is 0 Å². The van der Waals surface area contributed by atoms with Gasteiger partial charge in [-0.3, -0.25) is 4.79 Å². The zero-order valence-electron chi connectivity index (χ0n) is 16.2. The molecule has 9 heteroatoms. The number of carbonyl (C=O) groups excluding carboxylic acids is 1. The molecule has 0 aliphatic heterocycles. The summed E-state index contributed by atoms with van der Waals surface area (Å²) in [7, 11) is 1.68. The molecule has 3 rings (SSSR count). The number of benzene rings is 1. The Morgan fingerprint density at radius 2 is 2.00 bits per heavy atom. The minimum Gasteiger partial charge on any atom is -0.383 e. The molecule has 7 nitrogen and oxygen atoms in total. The van der Waals surface area contributed by atoms with E-state index in [4.69, 9.17) is 16.3 Å². The number of halogens is 1. The standard InChI is InChI=1S/C19H22ClN5O2S/c1-12-9-17(14(3)24(12)13(2)10-27-4)18(26)11-28-19-21-22-23-25(19)16-7-5-15(20)6-8-16/h5-9,13H,10-11H2,1-4H3. The number of ether oxygens (including phenoxy) is 1. The molecule has 0 spiro atoms. The molecule has 148 valence electrons. The molecule has 0 saturated heterocycles. The molecule has 0 amide bonds. The van der Waals surface area contributed by atoms with Crippen molar-refractivity contribution >= 4 is 29.1 Å². The second-order valence-electron chi connectivity index (χ2n) is 6.52. The van der Waals surface area contributed by atoms with Crippen LogP contribution in [0.1, 0.15) is 34.7 Å². The number of hydrogen-bond acceptors (Lipinski definition) is 6. The fraction of sp³-hybridized carbons (Fsp3) is 0.368. The molecule has 0 bridgehead atoms. The van der Waals surface area contributed by atoms with Gasteiger partial charge in [-0.1, -0.05) is 23.4 Å². The molecule has 1 aromatic carbocycles. The number of nitrogens with zero attached hydrogens (tertiary/aromatic N) is 5. The lowest BCUT2D eigenvalue weighted by molar-refractivity contribution is 0.102. The fourth-order valence-electron chi connectivity index (χ4n) is 3.27. The van der Waals surface area contributed by atoms with Gasteiger partial charge < -0.3 is 9.30 Å². The first-order valence-corrected chi connectivity index (χ1v) is 10.2. The average molecular weight is 420 g/mol. The van der Waals surface area contributed by atoms with Crippen molar-refractivity contribution in [1.82, 2.24) is 24.8 Å². The Balaban J connectivity index is 1.75. The molecule has 0 aliphatic carbocycles. The number of aromatic nitrogens is 5. The predicted octanol–water partition coefficient (Wildman–Crippen LogP) is 3.92. The number of tetrazole rings is 1. The average Bonchev–Trinajstić information content (AvgIpc) is 3.24. The summed E-state index contributed by atoms with van der Waals surface area (Å²) in [4.78, 5) is 12.8. The first-order valence-electron chi connectivity index (χ1n) is 8.80. The lowest BCUT2D eigenvalue weighted by atomic mass is 10.2. The van der Waals surface area contributed by atoms with Gasteiger partial charge in [0.05, 0.1) is 24.1 Å². The highest BCUT2D eigenvalue weighted by Crippen LogP contribution is 2.24. The van der Waals surface area contributed by atoms with Gasteiger partial charge >= 0.3 is 0 Å². The number of ketones is 1. The maximum atomic E-state index is 12.8. The minimum absolute atomic E-state index is 0.0413. The van der Waals surface area contributed by atoms with Gasteiger partial charge in [-0.25, -0.2) is 0 Å². The van der Waals surface area contributed by atoms with Gasteiger partial charge in [0.25, 0.3) is 0 Å². The van der Waals surface area contributed by atoms with E-state index in [1.54, 1.807) is 23.9 Å². The van der Waals surface area contributed by atoms with E-state index in [9.17, 15) is 4.79 Å². The summed E-state index contributed by atoms with van der Waals surface area (Å²) in [6.45, 7) is 6.64. The van der Waals surface area contributed by atoms with Crippen LogP contribution in [0, 0.1) is 13.8 Å². The van der Waals surface area contributed by atoms with Crippen LogP contribution in [0.4, 0.5) is 0 Å². The highest BCUT2D eigenvalue weighted by Gasteiger charge is 2.20. The Morgan fingerprint density at radius 3 is 2.68 bits per heavy atom. The van der Waals surface area contributed by atoms with E-state index in [-0.39, 0.29) is 17.6 Å². The van der Waals surface area contributed by atoms with Crippen LogP contribution in [0.3, 0.4) is 0 Å². The normalized spacial score (nSPS) is 12.3. The van der Waals surface area contributed by atoms with Crippen molar-refractivity contribution in [2.24, 2.45) is 0 Å². The van der Waals surface area contributed by atoms with Gasteiger partial charge in [0.2, 0.25) is 5.16 Å². The SMILES string of the molecule is COCC(C)n1c(C)cc(C(=O)CSc2nnnn2-c2ccc(Cl)cc2)c1C. The molecule has 0 aliphatic rings. The van der Waals surface area contributed by atoms with Gasteiger partial charge in [0.1, 0.15) is 0 Å². The summed E-state index contributed by atoms with van der Waals surface area (Å²) >= 11 is 7.24. The van der Waals surface area contributed by atoms with Crippen LogP contribution < -0.4 is 0 Å². The molecule has 28 heavy (non-hydrogen) atoms. The largest absolute Gasteiger partial charge is 0.383 e. The van der Waals surface area contributed by atoms with Crippen LogP contribution in [0.2, 0.25) is 5.02 Å². The molecule has 0 radical (unpaired) electrons. The third kappa shape index (κ3) is 4.29. The lowest BCUT2D eigenvalue weighted by Crippen LogP contribution is -2.14. The Morgan fingerprint density at radius 1 is 1.29 bits per heavy atom. The van der Waals surface area contributed by atoms with Crippen LogP contribution in [-0.4, -0.2) is 50.0 Å². The smallest absolute Gasteiger partial charge is 0.214 e. The van der Waals surface area contributed by atoms with Gasteiger partial charge in [-0.05, 0) is 61.5 Å². The van der Waals surface area contributed by atoms with Crippen LogP contribution >= 0.6 is 23.4 Å². The summed E-state index contributed by atoms with van der Waals surface area (Å²) in [5, 5.41) is 13.0. The van der Waals surface area contributed by atoms with E-state index in [1.807, 2.05) is 32.0 Å². The summed E-state index contributed by atoms with van der Waals surface area (Å²) in [5.74, 6) is 0.288. The van der Waals surface area contributed by atoms with E-state index in [0.29, 0.717) is 16.8 Å². The van der Waals surface area contributed by atoms with E-state index >= 15 is 0 Å². The molecular formula is C19H22ClN5O2S. The number of Topliss-reactive ketones (excluding diaryl/α,β-unsaturated/α-hetero) is 1. The number of hydrogen-bond donors (Lipinski definition) is 0. The molecular weight excluding hydrogens is 398 g/mol. The number of aryl methyl sites for hydroxylation is 1. The summed E-state index contributed by atoms with van der Waals surface area (Å²) in [6, 6.07) is 9.30. The third-order valence-corrected chi connectivity index (χ3v) is 5.65. The fourth-order valence-corrected chi connectivity index (χ4v) is 4.17. The van der Waals surface area contributed by atoms with Gasteiger partial charge in [0, 0.05) is 29.1 Å². The van der Waals surface area contributed by atoms with E-state index in [1.165, 1.54) is 11.8 Å². The second kappa shape index (κ2) is 8.89. The van der Waals surface area contributed by atoms with Crippen molar-refractivity contribution in [2.45, 2.75) is 32.0 Å². The number of thioether (sulfide) groups is 1. The summed E-state index contributed by atoms with van der Waals surface area (Å²) < 4.78 is 8.99. The molecule has 0 saturated carbocycles. The van der Waals surface area contributed by atoms with Crippen LogP contribution in [0.5, 0.6) is 0 Å². The van der Waals surface area contributed by atoms with Crippen molar-refractivity contribution in [3.63, 3.8) is 0 Å². The van der Waals surface area contributed by atoms with Crippen molar-refractivity contribution in [3.8, 4) is 5.69 Å². The molecule has 2 heterocycles. The van der Waals surface area contributed by atoms with Crippen molar-refractivity contribution < 1.29 is 9.53 Å². The second-order valence-corrected chi connectivity index (χ2v) is 7.90. The van der Waals surface area contributed by atoms with E-state index in [2.05, 4.69) is 27.0 Å². The first-order chi connectivity index (χ1) is 13.4. The monoisotopic (exact) mass is 419 g/mol. The Labute approximate surface area is 173 Å². The molecule has 0 fully saturated rings. The Kier molecular flexibility index (Phi) is 6.53. The molecule has 0 N–H and O–H groups in total. The highest BCUT2D eigenvalue weighted by atomic mass is 35.5. The van der Waals surface area contributed by atoms with Crippen LogP contribution in [0.15, 0.2) is 35.5 Å². The number of methoxy groups -OCH3 is 1. The van der Waals surface area contributed by atoms with E-state index in [0.717, 1.165) is 22.6 Å². The Hall–Kier alpha value is -2.16. The topological polar surface area (TPSA) is 74.8 Å². The van der Waals surface area contributed by atoms with Crippen LogP contribution in [0.25, 0.3) is 5.69 Å². The zero-order valence-corrected chi connectivity index (χ0v) is 17.8. The van der Waals surface area contributed by atoms with Crippen LogP contribution in [-0.2, 0) is 4.74 Å². The maximum absolute atomic E-state index is 12.8. The summed E-state index contributed by atoms with van der Waals surface area (Å²) in [6.07, 6.45) is 0.